The topological polar surface area (TPSA) is 73.7 Å². The minimum absolute atomic E-state index is 0.0358. The number of carbonyl (C=O) groups is 2. The smallest absolute Gasteiger partial charge is 0.300 e. The van der Waals surface area contributed by atoms with Crippen molar-refractivity contribution in [2.45, 2.75) is 19.9 Å². The summed E-state index contributed by atoms with van der Waals surface area (Å²) in [6.45, 7) is 3.91. The summed E-state index contributed by atoms with van der Waals surface area (Å²) in [5.74, 6) is -1.62. The molecule has 1 aliphatic rings. The molecule has 0 saturated carbocycles. The highest BCUT2D eigenvalue weighted by Gasteiger charge is 2.47. The van der Waals surface area contributed by atoms with Gasteiger partial charge in [-0.25, -0.2) is 0 Å². The quantitative estimate of drug-likeness (QED) is 0.380. The highest BCUT2D eigenvalue weighted by Crippen LogP contribution is 2.41. The van der Waals surface area contributed by atoms with Crippen LogP contribution in [0.15, 0.2) is 72.4 Å². The zero-order valence-electron chi connectivity index (χ0n) is 18.5. The van der Waals surface area contributed by atoms with Crippen LogP contribution in [0.3, 0.4) is 0 Å². The van der Waals surface area contributed by atoms with Crippen LogP contribution >= 0.6 is 0 Å². The van der Waals surface area contributed by atoms with Crippen LogP contribution in [-0.4, -0.2) is 35.9 Å². The van der Waals surface area contributed by atoms with Crippen molar-refractivity contribution in [3.8, 4) is 0 Å². The van der Waals surface area contributed by atoms with Gasteiger partial charge < -0.3 is 10.0 Å². The second-order valence-corrected chi connectivity index (χ2v) is 8.13. The SMILES string of the molecule is Cc1ccc(/C(O)=C2/C(=O)C(=O)N(c3ccc(N(C)C)cc3)C2c2ccccn2)cc1C. The van der Waals surface area contributed by atoms with Gasteiger partial charge in [-0.05, 0) is 67.4 Å². The number of aliphatic hydroxyl groups is 1. The number of rotatable bonds is 4. The Morgan fingerprint density at radius 2 is 1.69 bits per heavy atom. The molecule has 2 heterocycles. The molecule has 1 aliphatic heterocycles. The molecular weight excluding hydrogens is 402 g/mol. The molecule has 2 aromatic carbocycles. The number of hydrogen-bond acceptors (Lipinski definition) is 5. The van der Waals surface area contributed by atoms with Crippen LogP contribution in [0.2, 0.25) is 0 Å². The third-order valence-corrected chi connectivity index (χ3v) is 5.84. The maximum absolute atomic E-state index is 13.2. The van der Waals surface area contributed by atoms with E-state index in [-0.39, 0.29) is 11.3 Å². The number of pyridine rings is 1. The molecule has 6 heteroatoms. The van der Waals surface area contributed by atoms with Crippen LogP contribution in [0.4, 0.5) is 11.4 Å². The van der Waals surface area contributed by atoms with Gasteiger partial charge in [-0.15, -0.1) is 0 Å². The lowest BCUT2D eigenvalue weighted by molar-refractivity contribution is -0.132. The fourth-order valence-corrected chi connectivity index (χ4v) is 3.87. The van der Waals surface area contributed by atoms with Crippen LogP contribution in [0, 0.1) is 13.8 Å². The molecule has 0 radical (unpaired) electrons. The van der Waals surface area contributed by atoms with Crippen molar-refractivity contribution in [3.05, 3.63) is 94.8 Å². The van der Waals surface area contributed by atoms with Gasteiger partial charge in [0.1, 0.15) is 11.8 Å². The minimum atomic E-state index is -0.831. The first kappa shape index (κ1) is 21.3. The van der Waals surface area contributed by atoms with Crippen molar-refractivity contribution in [3.63, 3.8) is 0 Å². The number of amides is 1. The molecule has 1 unspecified atom stereocenters. The summed E-state index contributed by atoms with van der Waals surface area (Å²) < 4.78 is 0. The predicted molar refractivity (Wildman–Crippen MR) is 126 cm³/mol. The molecule has 3 aromatic rings. The van der Waals surface area contributed by atoms with Crippen molar-refractivity contribution in [1.29, 1.82) is 0 Å². The number of anilines is 2. The van der Waals surface area contributed by atoms with E-state index >= 15 is 0 Å². The lowest BCUT2D eigenvalue weighted by Crippen LogP contribution is -2.29. The number of benzene rings is 2. The van der Waals surface area contributed by atoms with Gasteiger partial charge in [-0.2, -0.15) is 0 Å². The number of Topliss-reactive ketones (excluding diaryl/α,β-unsaturated/α-hetero) is 1. The Labute approximate surface area is 187 Å². The number of hydrogen-bond donors (Lipinski definition) is 1. The summed E-state index contributed by atoms with van der Waals surface area (Å²) in [6.07, 6.45) is 1.61. The van der Waals surface area contributed by atoms with E-state index in [0.29, 0.717) is 16.9 Å². The van der Waals surface area contributed by atoms with E-state index in [2.05, 4.69) is 4.98 Å². The van der Waals surface area contributed by atoms with Gasteiger partial charge in [0, 0.05) is 37.2 Å². The highest BCUT2D eigenvalue weighted by atomic mass is 16.3. The fraction of sp³-hybridized carbons (Fsp3) is 0.192. The van der Waals surface area contributed by atoms with E-state index in [1.54, 1.807) is 42.6 Å². The van der Waals surface area contributed by atoms with Crippen LogP contribution in [0.25, 0.3) is 5.76 Å². The molecule has 4 rings (SSSR count). The third kappa shape index (κ3) is 3.64. The fourth-order valence-electron chi connectivity index (χ4n) is 3.87. The maximum atomic E-state index is 13.2. The normalized spacial score (nSPS) is 17.6. The number of ketones is 1. The Kier molecular flexibility index (Phi) is 5.53. The van der Waals surface area contributed by atoms with Crippen molar-refractivity contribution < 1.29 is 14.7 Å². The second kappa shape index (κ2) is 8.30. The molecule has 0 aliphatic carbocycles. The van der Waals surface area contributed by atoms with Gasteiger partial charge in [0.2, 0.25) is 0 Å². The first-order valence-corrected chi connectivity index (χ1v) is 10.4. The first-order chi connectivity index (χ1) is 15.3. The van der Waals surface area contributed by atoms with Crippen molar-refractivity contribution in [1.82, 2.24) is 4.98 Å². The summed E-state index contributed by atoms with van der Waals surface area (Å²) in [5, 5.41) is 11.2. The van der Waals surface area contributed by atoms with Gasteiger partial charge in [-0.1, -0.05) is 18.2 Å². The third-order valence-electron chi connectivity index (χ3n) is 5.84. The van der Waals surface area contributed by atoms with Crippen LogP contribution in [0.5, 0.6) is 0 Å². The summed E-state index contributed by atoms with van der Waals surface area (Å²) in [4.78, 5) is 34.1. The number of aryl methyl sites for hydroxylation is 2. The van der Waals surface area contributed by atoms with E-state index < -0.39 is 17.7 Å². The molecule has 1 N–H and O–H groups in total. The van der Waals surface area contributed by atoms with Gasteiger partial charge >= 0.3 is 0 Å². The number of nitrogens with zero attached hydrogens (tertiary/aromatic N) is 3. The first-order valence-electron chi connectivity index (χ1n) is 10.4. The second-order valence-electron chi connectivity index (χ2n) is 8.13. The largest absolute Gasteiger partial charge is 0.507 e. The summed E-state index contributed by atoms with van der Waals surface area (Å²) in [7, 11) is 3.86. The summed E-state index contributed by atoms with van der Waals surface area (Å²) in [5.41, 5.74) is 4.63. The Hall–Kier alpha value is -3.93. The molecule has 6 nitrogen and oxygen atoms in total. The molecular formula is C26H25N3O3. The Balaban J connectivity index is 1.90. The van der Waals surface area contributed by atoms with Crippen LogP contribution < -0.4 is 9.80 Å². The van der Waals surface area contributed by atoms with Gasteiger partial charge in [0.05, 0.1) is 11.3 Å². The zero-order chi connectivity index (χ0) is 23.0. The van der Waals surface area contributed by atoms with Gasteiger partial charge in [0.15, 0.2) is 0 Å². The average Bonchev–Trinajstić information content (AvgIpc) is 3.06. The number of aromatic nitrogens is 1. The lowest BCUT2D eigenvalue weighted by atomic mass is 9.96. The number of carbonyl (C=O) groups excluding carboxylic acids is 2. The predicted octanol–water partition coefficient (Wildman–Crippen LogP) is 4.39. The minimum Gasteiger partial charge on any atom is -0.507 e. The Morgan fingerprint density at radius 3 is 2.28 bits per heavy atom. The van der Waals surface area contributed by atoms with Gasteiger partial charge in [0.25, 0.3) is 11.7 Å². The van der Waals surface area contributed by atoms with E-state index in [9.17, 15) is 14.7 Å². The number of aliphatic hydroxyl groups excluding tert-OH is 1. The molecule has 1 fully saturated rings. The maximum Gasteiger partial charge on any atom is 0.300 e. The monoisotopic (exact) mass is 427 g/mol. The molecule has 0 spiro atoms. The lowest BCUT2D eigenvalue weighted by Gasteiger charge is -2.25. The van der Waals surface area contributed by atoms with E-state index in [4.69, 9.17) is 0 Å². The van der Waals surface area contributed by atoms with E-state index in [0.717, 1.165) is 16.8 Å². The van der Waals surface area contributed by atoms with Crippen molar-refractivity contribution in [2.75, 3.05) is 23.9 Å². The molecule has 1 saturated heterocycles. The standard InChI is InChI=1S/C26H25N3O3/c1-16-8-9-18(15-17(16)2)24(30)22-23(21-7-5-6-14-27-21)29(26(32)25(22)31)20-12-10-19(11-13-20)28(3)4/h5-15,23,30H,1-4H3/b24-22-. The molecule has 32 heavy (non-hydrogen) atoms. The van der Waals surface area contributed by atoms with Gasteiger partial charge in [-0.3, -0.25) is 19.5 Å². The van der Waals surface area contributed by atoms with Crippen molar-refractivity contribution >= 4 is 28.8 Å². The van der Waals surface area contributed by atoms with Crippen LogP contribution in [-0.2, 0) is 9.59 Å². The van der Waals surface area contributed by atoms with Crippen LogP contribution in [0.1, 0.15) is 28.4 Å². The zero-order valence-corrected chi connectivity index (χ0v) is 18.5. The van der Waals surface area contributed by atoms with E-state index in [1.807, 2.05) is 57.1 Å². The average molecular weight is 428 g/mol. The summed E-state index contributed by atoms with van der Waals surface area (Å²) in [6, 6.07) is 17.3. The Bertz CT molecular complexity index is 1210. The van der Waals surface area contributed by atoms with Crippen molar-refractivity contribution in [2.24, 2.45) is 0 Å². The highest BCUT2D eigenvalue weighted by molar-refractivity contribution is 6.51. The molecule has 0 bridgehead atoms. The molecule has 162 valence electrons. The molecule has 1 aromatic heterocycles. The molecule has 1 atom stereocenters. The molecule has 1 amide bonds. The van der Waals surface area contributed by atoms with E-state index in [1.165, 1.54) is 4.90 Å². The Morgan fingerprint density at radius 1 is 0.969 bits per heavy atom. The summed E-state index contributed by atoms with van der Waals surface area (Å²) >= 11 is 0.